The fourth-order valence-electron chi connectivity index (χ4n) is 2.75. The third-order valence-corrected chi connectivity index (χ3v) is 4.13. The molecule has 1 saturated heterocycles. The number of anilines is 1. The number of Topliss-reactive ketones (excluding diaryl/α,β-unsaturated/α-hetero) is 1. The van der Waals surface area contributed by atoms with E-state index in [0.29, 0.717) is 12.3 Å². The Labute approximate surface area is 126 Å². The lowest BCUT2D eigenvalue weighted by molar-refractivity contribution is -0.119. The third kappa shape index (κ3) is 4.31. The molecular formula is C17H24N2O2. The summed E-state index contributed by atoms with van der Waals surface area (Å²) < 4.78 is 0. The first-order valence-electron chi connectivity index (χ1n) is 7.72. The first kappa shape index (κ1) is 15.5. The average Bonchev–Trinajstić information content (AvgIpc) is 2.53. The van der Waals surface area contributed by atoms with Gasteiger partial charge >= 0.3 is 0 Å². The minimum Gasteiger partial charge on any atom is -0.372 e. The summed E-state index contributed by atoms with van der Waals surface area (Å²) in [7, 11) is 0. The van der Waals surface area contributed by atoms with Crippen molar-refractivity contribution in [1.82, 2.24) is 5.32 Å². The average molecular weight is 288 g/mol. The molecule has 1 amide bonds. The summed E-state index contributed by atoms with van der Waals surface area (Å²) >= 11 is 0. The van der Waals surface area contributed by atoms with Crippen molar-refractivity contribution >= 4 is 17.4 Å². The highest BCUT2D eigenvalue weighted by Crippen LogP contribution is 2.23. The molecule has 0 bridgehead atoms. The Morgan fingerprint density at radius 3 is 2.33 bits per heavy atom. The highest BCUT2D eigenvalue weighted by Gasteiger charge is 2.19. The summed E-state index contributed by atoms with van der Waals surface area (Å²) in [5.74, 6) is 0.815. The molecular weight excluding hydrogens is 264 g/mol. The zero-order valence-corrected chi connectivity index (χ0v) is 12.9. The van der Waals surface area contributed by atoms with E-state index in [0.717, 1.165) is 38.0 Å². The van der Waals surface area contributed by atoms with Gasteiger partial charge in [-0.05, 0) is 43.0 Å². The van der Waals surface area contributed by atoms with E-state index < -0.39 is 0 Å². The first-order chi connectivity index (χ1) is 10.1. The number of benzene rings is 1. The van der Waals surface area contributed by atoms with Crippen molar-refractivity contribution in [1.29, 1.82) is 0 Å². The van der Waals surface area contributed by atoms with Crippen LogP contribution in [0.25, 0.3) is 0 Å². The van der Waals surface area contributed by atoms with Gasteiger partial charge in [-0.25, -0.2) is 0 Å². The summed E-state index contributed by atoms with van der Waals surface area (Å²) in [5.41, 5.74) is 1.97. The summed E-state index contributed by atoms with van der Waals surface area (Å²) in [6.07, 6.45) is 2.74. The SMILES string of the molecule is CCC(=O)c1ccc(N2CCC(CNC(C)=O)CC2)cc1. The number of amides is 1. The van der Waals surface area contributed by atoms with Gasteiger partial charge in [0.05, 0.1) is 0 Å². The van der Waals surface area contributed by atoms with Gasteiger partial charge < -0.3 is 10.2 Å². The normalized spacial score (nSPS) is 15.8. The summed E-state index contributed by atoms with van der Waals surface area (Å²) in [6.45, 7) is 6.24. The molecule has 0 saturated carbocycles. The maximum atomic E-state index is 11.6. The van der Waals surface area contributed by atoms with E-state index in [1.807, 2.05) is 31.2 Å². The fraction of sp³-hybridized carbons (Fsp3) is 0.529. The summed E-state index contributed by atoms with van der Waals surface area (Å²) in [6, 6.07) is 7.92. The number of hydrogen-bond acceptors (Lipinski definition) is 3. The first-order valence-corrected chi connectivity index (χ1v) is 7.72. The van der Waals surface area contributed by atoms with Gasteiger partial charge in [0.2, 0.25) is 5.91 Å². The molecule has 0 aliphatic carbocycles. The second-order valence-electron chi connectivity index (χ2n) is 5.69. The van der Waals surface area contributed by atoms with E-state index in [4.69, 9.17) is 0 Å². The molecule has 1 aliphatic rings. The van der Waals surface area contributed by atoms with Crippen LogP contribution in [0.5, 0.6) is 0 Å². The van der Waals surface area contributed by atoms with Crippen LogP contribution < -0.4 is 10.2 Å². The van der Waals surface area contributed by atoms with E-state index in [9.17, 15) is 9.59 Å². The molecule has 1 heterocycles. The molecule has 0 radical (unpaired) electrons. The van der Waals surface area contributed by atoms with Gasteiger partial charge in [-0.1, -0.05) is 6.92 Å². The predicted molar refractivity (Wildman–Crippen MR) is 84.7 cm³/mol. The summed E-state index contributed by atoms with van der Waals surface area (Å²) in [5, 5.41) is 2.90. The molecule has 1 aliphatic heterocycles. The van der Waals surface area contributed by atoms with Crippen LogP contribution in [0.2, 0.25) is 0 Å². The molecule has 0 atom stereocenters. The van der Waals surface area contributed by atoms with Crippen molar-refractivity contribution in [3.05, 3.63) is 29.8 Å². The van der Waals surface area contributed by atoms with E-state index in [2.05, 4.69) is 10.2 Å². The van der Waals surface area contributed by atoms with Crippen molar-refractivity contribution < 1.29 is 9.59 Å². The van der Waals surface area contributed by atoms with E-state index in [-0.39, 0.29) is 11.7 Å². The van der Waals surface area contributed by atoms with Crippen LogP contribution in [-0.4, -0.2) is 31.3 Å². The molecule has 1 N–H and O–H groups in total. The Balaban J connectivity index is 1.87. The minimum atomic E-state index is 0.0496. The topological polar surface area (TPSA) is 49.4 Å². The number of rotatable bonds is 5. The van der Waals surface area contributed by atoms with Crippen molar-refractivity contribution in [3.63, 3.8) is 0 Å². The van der Waals surface area contributed by atoms with Gasteiger partial charge in [-0.2, -0.15) is 0 Å². The van der Waals surface area contributed by atoms with Crippen molar-refractivity contribution in [3.8, 4) is 0 Å². The lowest BCUT2D eigenvalue weighted by Crippen LogP contribution is -2.38. The number of hydrogen-bond donors (Lipinski definition) is 1. The summed E-state index contributed by atoms with van der Waals surface area (Å²) in [4.78, 5) is 24.9. The Morgan fingerprint density at radius 1 is 1.19 bits per heavy atom. The van der Waals surface area contributed by atoms with E-state index in [1.165, 1.54) is 5.69 Å². The van der Waals surface area contributed by atoms with Crippen molar-refractivity contribution in [2.75, 3.05) is 24.5 Å². The molecule has 4 heteroatoms. The van der Waals surface area contributed by atoms with Crippen molar-refractivity contribution in [2.24, 2.45) is 5.92 Å². The molecule has 0 aromatic heterocycles. The van der Waals surface area contributed by atoms with Gasteiger partial charge in [0, 0.05) is 44.2 Å². The van der Waals surface area contributed by atoms with E-state index >= 15 is 0 Å². The van der Waals surface area contributed by atoms with Crippen LogP contribution in [0.1, 0.15) is 43.5 Å². The monoisotopic (exact) mass is 288 g/mol. The smallest absolute Gasteiger partial charge is 0.216 e. The Morgan fingerprint density at radius 2 is 1.81 bits per heavy atom. The van der Waals surface area contributed by atoms with Gasteiger partial charge in [-0.15, -0.1) is 0 Å². The molecule has 21 heavy (non-hydrogen) atoms. The number of nitrogens with zero attached hydrogens (tertiary/aromatic N) is 1. The zero-order chi connectivity index (χ0) is 15.2. The van der Waals surface area contributed by atoms with Crippen LogP contribution in [0, 0.1) is 5.92 Å². The second kappa shape index (κ2) is 7.25. The number of ketones is 1. The largest absolute Gasteiger partial charge is 0.372 e. The minimum absolute atomic E-state index is 0.0496. The van der Waals surface area contributed by atoms with Crippen LogP contribution in [-0.2, 0) is 4.79 Å². The molecule has 1 aromatic rings. The third-order valence-electron chi connectivity index (χ3n) is 4.13. The van der Waals surface area contributed by atoms with Crippen LogP contribution >= 0.6 is 0 Å². The quantitative estimate of drug-likeness (QED) is 0.847. The molecule has 2 rings (SSSR count). The van der Waals surface area contributed by atoms with Crippen LogP contribution in [0.15, 0.2) is 24.3 Å². The van der Waals surface area contributed by atoms with Crippen molar-refractivity contribution in [2.45, 2.75) is 33.1 Å². The van der Waals surface area contributed by atoms with Crippen LogP contribution in [0.4, 0.5) is 5.69 Å². The fourth-order valence-corrected chi connectivity index (χ4v) is 2.75. The molecule has 0 unspecified atom stereocenters. The maximum Gasteiger partial charge on any atom is 0.216 e. The predicted octanol–water partition coefficient (Wildman–Crippen LogP) is 2.63. The maximum absolute atomic E-state index is 11.6. The van der Waals surface area contributed by atoms with Gasteiger partial charge in [0.25, 0.3) is 0 Å². The Kier molecular flexibility index (Phi) is 5.37. The number of carbonyl (C=O) groups is 2. The molecule has 1 aromatic carbocycles. The Hall–Kier alpha value is -1.84. The number of carbonyl (C=O) groups excluding carboxylic acids is 2. The van der Waals surface area contributed by atoms with Gasteiger partial charge in [-0.3, -0.25) is 9.59 Å². The highest BCUT2D eigenvalue weighted by molar-refractivity contribution is 5.96. The Bertz CT molecular complexity index is 488. The van der Waals surface area contributed by atoms with Crippen LogP contribution in [0.3, 0.4) is 0 Å². The number of piperidine rings is 1. The highest BCUT2D eigenvalue weighted by atomic mass is 16.1. The lowest BCUT2D eigenvalue weighted by Gasteiger charge is -2.33. The molecule has 114 valence electrons. The molecule has 4 nitrogen and oxygen atoms in total. The standard InChI is InChI=1S/C17H24N2O2/c1-3-17(21)15-4-6-16(7-5-15)19-10-8-14(9-11-19)12-18-13(2)20/h4-7,14H,3,8-12H2,1-2H3,(H,18,20). The van der Waals surface area contributed by atoms with Gasteiger partial charge in [0.1, 0.15) is 0 Å². The zero-order valence-electron chi connectivity index (χ0n) is 12.9. The molecule has 0 spiro atoms. The van der Waals surface area contributed by atoms with Gasteiger partial charge in [0.15, 0.2) is 5.78 Å². The lowest BCUT2D eigenvalue weighted by atomic mass is 9.96. The number of nitrogens with one attached hydrogen (secondary N) is 1. The van der Waals surface area contributed by atoms with E-state index in [1.54, 1.807) is 6.92 Å². The molecule has 1 fully saturated rings. The second-order valence-corrected chi connectivity index (χ2v) is 5.69.